The maximum atomic E-state index is 6.35. The third kappa shape index (κ3) is 4.55. The van der Waals surface area contributed by atoms with Gasteiger partial charge in [-0.15, -0.1) is 0 Å². The van der Waals surface area contributed by atoms with Crippen LogP contribution in [0.2, 0.25) is 0 Å². The minimum Gasteiger partial charge on any atom is -0.456 e. The van der Waals surface area contributed by atoms with E-state index >= 15 is 0 Å². The molecule has 61 heavy (non-hydrogen) atoms. The Morgan fingerprint density at radius 1 is 0.377 bits per heavy atom. The van der Waals surface area contributed by atoms with Gasteiger partial charge in [-0.25, -0.2) is 9.97 Å². The van der Waals surface area contributed by atoms with Crippen LogP contribution in [-0.2, 0) is 0 Å². The van der Waals surface area contributed by atoms with E-state index in [1.54, 1.807) is 0 Å². The van der Waals surface area contributed by atoms with Gasteiger partial charge in [0, 0.05) is 37.9 Å². The summed E-state index contributed by atoms with van der Waals surface area (Å²) in [6.07, 6.45) is 0. The molecule has 0 N–H and O–H groups in total. The topological polar surface area (TPSA) is 44.9 Å². The van der Waals surface area contributed by atoms with Crippen molar-refractivity contribution >= 4 is 86.8 Å². The number of hydrogen-bond acceptors (Lipinski definition) is 3. The third-order valence-corrected chi connectivity index (χ3v) is 12.9. The summed E-state index contributed by atoms with van der Waals surface area (Å²) in [5, 5.41) is 13.0. The van der Waals surface area contributed by atoms with E-state index in [-0.39, 0.29) is 0 Å². The van der Waals surface area contributed by atoms with Crippen LogP contribution in [0, 0.1) is 0 Å². The monoisotopic (exact) mass is 776 g/mol. The molecule has 0 radical (unpaired) electrons. The largest absolute Gasteiger partial charge is 0.456 e. The van der Waals surface area contributed by atoms with Gasteiger partial charge in [-0.2, -0.15) is 0 Å². The molecule has 14 rings (SSSR count). The van der Waals surface area contributed by atoms with Crippen molar-refractivity contribution in [2.45, 2.75) is 0 Å². The van der Waals surface area contributed by atoms with Crippen molar-refractivity contribution in [3.63, 3.8) is 0 Å². The van der Waals surface area contributed by atoms with Gasteiger partial charge in [0.05, 0.1) is 44.4 Å². The number of ether oxygens (including phenoxy) is 1. The Bertz CT molecular complexity index is 4040. The van der Waals surface area contributed by atoms with Crippen molar-refractivity contribution in [3.05, 3.63) is 194 Å². The fraction of sp³-hybridized carbons (Fsp3) is 0. The maximum Gasteiger partial charge on any atom is 0.235 e. The van der Waals surface area contributed by atoms with Crippen molar-refractivity contribution in [2.75, 3.05) is 0 Å². The second kappa shape index (κ2) is 12.1. The molecule has 0 aliphatic carbocycles. The second-order valence-electron chi connectivity index (χ2n) is 16.1. The van der Waals surface area contributed by atoms with Crippen LogP contribution in [0.1, 0.15) is 0 Å². The number of benzene rings is 10. The van der Waals surface area contributed by atoms with E-state index in [9.17, 15) is 0 Å². The first kappa shape index (κ1) is 32.7. The molecular weight excluding hydrogens is 745 g/mol. The van der Waals surface area contributed by atoms with Gasteiger partial charge in [-0.3, -0.25) is 4.57 Å². The zero-order valence-corrected chi connectivity index (χ0v) is 32.7. The lowest BCUT2D eigenvalue weighted by atomic mass is 9.99. The van der Waals surface area contributed by atoms with Gasteiger partial charge < -0.3 is 9.30 Å². The smallest absolute Gasteiger partial charge is 0.235 e. The Morgan fingerprint density at radius 3 is 1.87 bits per heavy atom. The molecule has 5 nitrogen and oxygen atoms in total. The van der Waals surface area contributed by atoms with E-state index in [1.165, 1.54) is 54.4 Å². The molecule has 1 aliphatic heterocycles. The third-order valence-electron chi connectivity index (χ3n) is 12.9. The highest BCUT2D eigenvalue weighted by Crippen LogP contribution is 2.46. The van der Waals surface area contributed by atoms with Crippen molar-refractivity contribution < 1.29 is 4.74 Å². The molecule has 4 heterocycles. The van der Waals surface area contributed by atoms with Gasteiger partial charge >= 0.3 is 0 Å². The van der Waals surface area contributed by atoms with E-state index in [2.05, 4.69) is 173 Å². The van der Waals surface area contributed by atoms with Crippen molar-refractivity contribution in [1.82, 2.24) is 19.1 Å². The Morgan fingerprint density at radius 2 is 1.02 bits per heavy atom. The molecule has 1 aliphatic rings. The zero-order valence-electron chi connectivity index (χ0n) is 32.7. The molecule has 0 fully saturated rings. The molecule has 282 valence electrons. The highest BCUT2D eigenvalue weighted by atomic mass is 16.5. The lowest BCUT2D eigenvalue weighted by molar-refractivity contribution is 0.486. The number of rotatable bonds is 3. The molecule has 13 aromatic rings. The van der Waals surface area contributed by atoms with Gasteiger partial charge in [-0.1, -0.05) is 133 Å². The molecule has 10 aromatic carbocycles. The van der Waals surface area contributed by atoms with Crippen LogP contribution < -0.4 is 4.74 Å². The summed E-state index contributed by atoms with van der Waals surface area (Å²) in [5.41, 5.74) is 10.7. The van der Waals surface area contributed by atoms with Crippen LogP contribution in [0.3, 0.4) is 0 Å². The van der Waals surface area contributed by atoms with E-state index in [0.717, 1.165) is 72.0 Å². The average Bonchev–Trinajstić information content (AvgIpc) is 3.84. The summed E-state index contributed by atoms with van der Waals surface area (Å²) in [4.78, 5) is 10.7. The number of para-hydroxylation sites is 2. The van der Waals surface area contributed by atoms with Crippen LogP contribution in [-0.4, -0.2) is 19.1 Å². The molecular formula is C56H32N4O. The number of fused-ring (bicyclic) bond motifs is 13. The fourth-order valence-electron chi connectivity index (χ4n) is 10.2. The zero-order chi connectivity index (χ0) is 39.8. The van der Waals surface area contributed by atoms with E-state index in [4.69, 9.17) is 14.7 Å². The molecule has 5 heteroatoms. The number of hydrogen-bond donors (Lipinski definition) is 0. The molecule has 0 unspecified atom stereocenters. The lowest BCUT2D eigenvalue weighted by Crippen LogP contribution is -2.06. The Labute approximate surface area is 348 Å². The van der Waals surface area contributed by atoms with Crippen molar-refractivity contribution in [2.24, 2.45) is 0 Å². The van der Waals surface area contributed by atoms with Crippen LogP contribution >= 0.6 is 0 Å². The summed E-state index contributed by atoms with van der Waals surface area (Å²) < 4.78 is 11.1. The Balaban J connectivity index is 1.00. The van der Waals surface area contributed by atoms with Crippen LogP contribution in [0.15, 0.2) is 194 Å². The Hall–Kier alpha value is -8.28. The molecule has 3 aromatic heterocycles. The molecule has 0 atom stereocenters. The van der Waals surface area contributed by atoms with Crippen LogP contribution in [0.4, 0.5) is 0 Å². The summed E-state index contributed by atoms with van der Waals surface area (Å²) in [7, 11) is 0. The first-order valence-electron chi connectivity index (χ1n) is 20.7. The molecule has 0 saturated carbocycles. The van der Waals surface area contributed by atoms with E-state index < -0.39 is 0 Å². The van der Waals surface area contributed by atoms with Crippen LogP contribution in [0.5, 0.6) is 11.5 Å². The maximum absolute atomic E-state index is 6.35. The van der Waals surface area contributed by atoms with Crippen molar-refractivity contribution in [1.29, 1.82) is 0 Å². The van der Waals surface area contributed by atoms with E-state index in [1.807, 2.05) is 30.3 Å². The van der Waals surface area contributed by atoms with Crippen molar-refractivity contribution in [3.8, 4) is 45.5 Å². The highest BCUT2D eigenvalue weighted by Gasteiger charge is 2.25. The molecule has 0 amide bonds. The predicted molar refractivity (Wildman–Crippen MR) is 252 cm³/mol. The van der Waals surface area contributed by atoms with Gasteiger partial charge in [0.1, 0.15) is 11.5 Å². The number of aromatic nitrogens is 4. The fourth-order valence-corrected chi connectivity index (χ4v) is 10.2. The average molecular weight is 777 g/mol. The Kier molecular flexibility index (Phi) is 6.49. The first-order chi connectivity index (χ1) is 30.2. The first-order valence-corrected chi connectivity index (χ1v) is 20.7. The van der Waals surface area contributed by atoms with Gasteiger partial charge in [0.25, 0.3) is 0 Å². The molecule has 0 bridgehead atoms. The quantitative estimate of drug-likeness (QED) is 0.168. The minimum atomic E-state index is 0.635. The second-order valence-corrected chi connectivity index (χ2v) is 16.1. The minimum absolute atomic E-state index is 0.635. The van der Waals surface area contributed by atoms with Crippen LogP contribution in [0.25, 0.3) is 121 Å². The van der Waals surface area contributed by atoms with Gasteiger partial charge in [0.2, 0.25) is 5.95 Å². The standard InChI is InChI=1S/C56H32N4O/c1-4-15-38-33(12-1)24-27-42-45-31-35(26-29-49(45)60(55(38)42)56-57-46-20-11-23-52-53(46)54(58-56)43-19-8-10-22-51(43)61-52)34-25-28-48-44(30-34)41-18-7-9-21-47(41)59(48)50-32-36-13-2-3-14-37(36)39-16-5-6-17-40(39)50/h1-32H. The SMILES string of the molecule is c1ccc2c(c1)Oc1cccc3nc(-n4c5ccc(-c6ccc7c(c6)c6ccccc6n7-c6cc7ccccc7c7ccccc67)cc5c5ccc6ccccc6c54)nc-2c13. The van der Waals surface area contributed by atoms with Gasteiger partial charge in [0.15, 0.2) is 0 Å². The molecule has 0 spiro atoms. The number of nitrogens with zero attached hydrogens (tertiary/aromatic N) is 4. The summed E-state index contributed by atoms with van der Waals surface area (Å²) >= 11 is 0. The summed E-state index contributed by atoms with van der Waals surface area (Å²) in [6, 6.07) is 69.8. The summed E-state index contributed by atoms with van der Waals surface area (Å²) in [5.74, 6) is 2.21. The van der Waals surface area contributed by atoms with E-state index in [0.29, 0.717) is 5.95 Å². The highest BCUT2D eigenvalue weighted by molar-refractivity contribution is 6.20. The molecule has 0 saturated heterocycles. The predicted octanol–water partition coefficient (Wildman–Crippen LogP) is 14.7. The van der Waals surface area contributed by atoms with Gasteiger partial charge in [-0.05, 0) is 93.3 Å². The normalized spacial score (nSPS) is 12.4. The lowest BCUT2D eigenvalue weighted by Gasteiger charge is -2.21. The summed E-state index contributed by atoms with van der Waals surface area (Å²) in [6.45, 7) is 0.